The number of carbonyl (C=O) groups excluding carboxylic acids is 2. The van der Waals surface area contributed by atoms with Crippen LogP contribution in [0.25, 0.3) is 0 Å². The number of aromatic nitrogens is 1. The van der Waals surface area contributed by atoms with E-state index in [1.54, 1.807) is 0 Å². The maximum Gasteiger partial charge on any atom is 0.235 e. The third-order valence-corrected chi connectivity index (χ3v) is 7.11. The van der Waals surface area contributed by atoms with Crippen LogP contribution in [0.4, 0.5) is 0 Å². The quantitative estimate of drug-likeness (QED) is 0.527. The molecule has 7 heteroatoms. The summed E-state index contributed by atoms with van der Waals surface area (Å²) < 4.78 is 6.28. The van der Waals surface area contributed by atoms with Crippen molar-refractivity contribution in [2.24, 2.45) is 11.8 Å². The number of fused-ring (bicyclic) bond motifs is 5. The summed E-state index contributed by atoms with van der Waals surface area (Å²) in [6.07, 6.45) is 0.380. The Bertz CT molecular complexity index is 1080. The van der Waals surface area contributed by atoms with E-state index < -0.39 is 29.9 Å². The summed E-state index contributed by atoms with van der Waals surface area (Å²) in [6.45, 7) is 5.90. The highest BCUT2D eigenvalue weighted by Gasteiger charge is 2.53. The highest BCUT2D eigenvalue weighted by atomic mass is 16.5. The van der Waals surface area contributed by atoms with Gasteiger partial charge in [-0.1, -0.05) is 17.7 Å². The number of ether oxygens (including phenoxy) is 1. The Morgan fingerprint density at radius 3 is 2.33 bits per heavy atom. The second-order valence-corrected chi connectivity index (χ2v) is 9.08. The Balaban J connectivity index is 1.40. The van der Waals surface area contributed by atoms with E-state index in [4.69, 9.17) is 4.74 Å². The minimum absolute atomic E-state index is 0.0354. The maximum absolute atomic E-state index is 13.3. The van der Waals surface area contributed by atoms with Crippen LogP contribution in [0.15, 0.2) is 12.1 Å². The fourth-order valence-electron chi connectivity index (χ4n) is 5.99. The van der Waals surface area contributed by atoms with E-state index in [1.165, 1.54) is 0 Å². The van der Waals surface area contributed by atoms with Crippen molar-refractivity contribution in [2.75, 3.05) is 0 Å². The molecule has 5 atom stereocenters. The molecule has 2 bridgehead atoms. The monoisotopic (exact) mass is 411 g/mol. The van der Waals surface area contributed by atoms with Crippen LogP contribution in [0.1, 0.15) is 70.8 Å². The number of rotatable bonds is 3. The molecule has 1 aliphatic carbocycles. The van der Waals surface area contributed by atoms with Crippen LogP contribution in [-0.2, 0) is 14.3 Å². The van der Waals surface area contributed by atoms with Crippen molar-refractivity contribution in [3.63, 3.8) is 0 Å². The molecule has 0 spiro atoms. The highest BCUT2D eigenvalue weighted by Crippen LogP contribution is 2.61. The van der Waals surface area contributed by atoms with Crippen molar-refractivity contribution >= 4 is 11.6 Å². The maximum atomic E-state index is 13.3. The zero-order valence-corrected chi connectivity index (χ0v) is 17.2. The molecule has 2 aromatic rings. The summed E-state index contributed by atoms with van der Waals surface area (Å²) in [4.78, 5) is 26.1. The van der Waals surface area contributed by atoms with Crippen LogP contribution in [0.3, 0.4) is 0 Å². The Labute approximate surface area is 173 Å². The second-order valence-electron chi connectivity index (χ2n) is 9.08. The van der Waals surface area contributed by atoms with Gasteiger partial charge in [0.1, 0.15) is 11.7 Å². The molecule has 2 aliphatic heterocycles. The van der Waals surface area contributed by atoms with Crippen LogP contribution in [-0.4, -0.2) is 31.7 Å². The number of hydrogen-bond donors (Lipinski definition) is 3. The molecule has 1 saturated carbocycles. The number of ketones is 2. The number of benzene rings is 1. The summed E-state index contributed by atoms with van der Waals surface area (Å²) in [5.41, 5.74) is 4.71. The molecule has 3 N–H and O–H groups in total. The molecule has 5 rings (SSSR count). The lowest BCUT2D eigenvalue weighted by Gasteiger charge is -2.22. The Morgan fingerprint density at radius 2 is 1.67 bits per heavy atom. The van der Waals surface area contributed by atoms with Gasteiger partial charge in [-0.3, -0.25) is 9.59 Å². The predicted molar refractivity (Wildman–Crippen MR) is 106 cm³/mol. The van der Waals surface area contributed by atoms with E-state index in [9.17, 15) is 25.0 Å². The largest absolute Gasteiger partial charge is 0.492 e. The lowest BCUT2D eigenvalue weighted by Crippen LogP contribution is -2.21. The average molecular weight is 411 g/mol. The molecule has 3 heterocycles. The molecular weight excluding hydrogens is 386 g/mol. The molecule has 3 aliphatic rings. The zero-order valence-electron chi connectivity index (χ0n) is 17.2. The Morgan fingerprint density at radius 1 is 1.03 bits per heavy atom. The Hall–Kier alpha value is -2.80. The minimum Gasteiger partial charge on any atom is -0.492 e. The van der Waals surface area contributed by atoms with Gasteiger partial charge in [-0.15, -0.1) is 4.73 Å². The first kappa shape index (κ1) is 19.2. The van der Waals surface area contributed by atoms with E-state index in [0.29, 0.717) is 28.7 Å². The van der Waals surface area contributed by atoms with Crippen molar-refractivity contribution < 1.29 is 29.7 Å². The number of hydrogen-bond acceptors (Lipinski definition) is 6. The first-order chi connectivity index (χ1) is 14.2. The molecule has 7 nitrogen and oxygen atoms in total. The molecule has 1 aromatic carbocycles. The average Bonchev–Trinajstić information content (AvgIpc) is 3.37. The molecule has 30 heavy (non-hydrogen) atoms. The molecule has 0 amide bonds. The molecule has 5 unspecified atom stereocenters. The molecule has 1 aromatic heterocycles. The van der Waals surface area contributed by atoms with Gasteiger partial charge in [0.05, 0.1) is 23.3 Å². The Kier molecular flexibility index (Phi) is 4.06. The summed E-state index contributed by atoms with van der Waals surface area (Å²) in [6, 6.07) is 4.02. The van der Waals surface area contributed by atoms with Crippen molar-refractivity contribution in [1.29, 1.82) is 0 Å². The van der Waals surface area contributed by atoms with Crippen LogP contribution in [0, 0.1) is 32.6 Å². The highest BCUT2D eigenvalue weighted by molar-refractivity contribution is 6.15. The van der Waals surface area contributed by atoms with Gasteiger partial charge >= 0.3 is 0 Å². The fourth-order valence-corrected chi connectivity index (χ4v) is 5.99. The van der Waals surface area contributed by atoms with Gasteiger partial charge in [0.25, 0.3) is 0 Å². The normalized spacial score (nSPS) is 29.8. The fraction of sp³-hybridized carbons (Fsp3) is 0.478. The van der Waals surface area contributed by atoms with Gasteiger partial charge in [-0.25, -0.2) is 0 Å². The van der Waals surface area contributed by atoms with E-state index in [0.717, 1.165) is 22.3 Å². The van der Waals surface area contributed by atoms with Crippen LogP contribution >= 0.6 is 0 Å². The van der Waals surface area contributed by atoms with Crippen LogP contribution < -0.4 is 0 Å². The number of aryl methyl sites for hydroxylation is 3. The number of nitrogens with zero attached hydrogens (tertiary/aromatic N) is 1. The van der Waals surface area contributed by atoms with Crippen LogP contribution in [0.5, 0.6) is 11.8 Å². The first-order valence-corrected chi connectivity index (χ1v) is 10.3. The van der Waals surface area contributed by atoms with Gasteiger partial charge in [0.15, 0.2) is 5.78 Å². The molecule has 0 radical (unpaired) electrons. The van der Waals surface area contributed by atoms with Gasteiger partial charge in [-0.05, 0) is 56.2 Å². The lowest BCUT2D eigenvalue weighted by atomic mass is 9.79. The third-order valence-electron chi connectivity index (χ3n) is 7.11. The summed E-state index contributed by atoms with van der Waals surface area (Å²) in [5.74, 6) is -2.04. The summed E-state index contributed by atoms with van der Waals surface area (Å²) in [5, 5.41) is 30.0. The summed E-state index contributed by atoms with van der Waals surface area (Å²) >= 11 is 0. The number of carbonyl (C=O) groups is 2. The zero-order chi connectivity index (χ0) is 21.5. The van der Waals surface area contributed by atoms with E-state index in [-0.39, 0.29) is 29.8 Å². The topological polar surface area (TPSA) is 109 Å². The number of aromatic hydroxyl groups is 2. The van der Waals surface area contributed by atoms with E-state index >= 15 is 0 Å². The van der Waals surface area contributed by atoms with E-state index in [2.05, 4.69) is 0 Å². The van der Waals surface area contributed by atoms with Gasteiger partial charge in [0.2, 0.25) is 11.8 Å². The summed E-state index contributed by atoms with van der Waals surface area (Å²) in [7, 11) is 0. The van der Waals surface area contributed by atoms with Crippen molar-refractivity contribution in [1.82, 2.24) is 4.73 Å². The van der Waals surface area contributed by atoms with E-state index in [1.807, 2.05) is 32.9 Å². The SMILES string of the molecule is Cc1cc(C)c(C2C(=O)CC(CC3CC4OC3c3c4c(O)n(O)c3O)C2=O)c(C)c1. The lowest BCUT2D eigenvalue weighted by molar-refractivity contribution is -0.125. The molecule has 2 fully saturated rings. The van der Waals surface area contributed by atoms with Crippen molar-refractivity contribution in [3.8, 4) is 11.8 Å². The molecular formula is C23H25NO6. The standard InChI is InChI=1S/C23H25NO6/c1-9-4-10(2)16(11(3)5-9)17-14(25)7-12(20(17)26)6-13-8-15-18-19(21(13)30-15)23(28)24(29)22(18)27/h4-5,12-13,15,17,21,27-29H,6-8H2,1-3H3. The minimum atomic E-state index is -0.707. The van der Waals surface area contributed by atoms with Gasteiger partial charge < -0.3 is 20.2 Å². The van der Waals surface area contributed by atoms with Crippen LogP contribution in [0.2, 0.25) is 0 Å². The second kappa shape index (κ2) is 6.35. The molecule has 158 valence electrons. The molecule has 1 saturated heterocycles. The van der Waals surface area contributed by atoms with Crippen molar-refractivity contribution in [2.45, 2.75) is 58.2 Å². The first-order valence-electron chi connectivity index (χ1n) is 10.3. The van der Waals surface area contributed by atoms with Gasteiger partial charge in [0, 0.05) is 12.3 Å². The predicted octanol–water partition coefficient (Wildman–Crippen LogP) is 3.53. The number of Topliss-reactive ketones (excluding diaryl/α,β-unsaturated/α-hetero) is 2. The third kappa shape index (κ3) is 2.48. The van der Waals surface area contributed by atoms with Crippen molar-refractivity contribution in [3.05, 3.63) is 45.5 Å². The smallest absolute Gasteiger partial charge is 0.235 e. The van der Waals surface area contributed by atoms with Gasteiger partial charge in [-0.2, -0.15) is 0 Å².